The number of hydrogen-bond acceptors (Lipinski definition) is 4. The predicted octanol–water partition coefficient (Wildman–Crippen LogP) is 3.92. The summed E-state index contributed by atoms with van der Waals surface area (Å²) in [6, 6.07) is 4.66. The lowest BCUT2D eigenvalue weighted by atomic mass is 9.90. The van der Waals surface area contributed by atoms with Crippen LogP contribution in [0.2, 0.25) is 5.02 Å². The molecule has 2 N–H and O–H groups in total. The van der Waals surface area contributed by atoms with Crippen molar-refractivity contribution in [3.8, 4) is 0 Å². The monoisotopic (exact) mass is 456 g/mol. The van der Waals surface area contributed by atoms with Gasteiger partial charge < -0.3 is 4.74 Å². The van der Waals surface area contributed by atoms with Gasteiger partial charge in [-0.2, -0.15) is 13.2 Å². The van der Waals surface area contributed by atoms with Crippen molar-refractivity contribution < 1.29 is 39.9 Å². The molecule has 156 valence electrons. The molecule has 3 rings (SSSR count). The molecule has 1 atom stereocenters. The minimum atomic E-state index is -5.26. The lowest BCUT2D eigenvalue weighted by Crippen LogP contribution is -2.56. The van der Waals surface area contributed by atoms with Crippen molar-refractivity contribution in [1.29, 1.82) is 0 Å². The molecule has 1 unspecified atom stereocenters. The minimum absolute atomic E-state index is 0.124. The summed E-state index contributed by atoms with van der Waals surface area (Å²) in [4.78, 5) is 10.9. The van der Waals surface area contributed by atoms with Crippen LogP contribution in [0.3, 0.4) is 0 Å². The Morgan fingerprint density at radius 1 is 1.10 bits per heavy atom. The second-order valence-electron chi connectivity index (χ2n) is 5.93. The van der Waals surface area contributed by atoms with Crippen molar-refractivity contribution in [3.63, 3.8) is 0 Å². The van der Waals surface area contributed by atoms with Crippen molar-refractivity contribution >= 4 is 33.4 Å². The zero-order valence-electron chi connectivity index (χ0n) is 14.0. The van der Waals surface area contributed by atoms with Crippen molar-refractivity contribution in [3.05, 3.63) is 58.6 Å². The van der Waals surface area contributed by atoms with Gasteiger partial charge >= 0.3 is 12.3 Å². The molecule has 1 aliphatic heterocycles. The van der Waals surface area contributed by atoms with Crippen molar-refractivity contribution in [2.75, 3.05) is 11.9 Å². The summed E-state index contributed by atoms with van der Waals surface area (Å²) in [5.74, 6) is -2.85. The van der Waals surface area contributed by atoms with Crippen molar-refractivity contribution in [2.24, 2.45) is 0 Å². The van der Waals surface area contributed by atoms with E-state index in [0.717, 1.165) is 12.1 Å². The van der Waals surface area contributed by atoms with Gasteiger partial charge in [-0.15, -0.1) is 0 Å². The van der Waals surface area contributed by atoms with E-state index in [0.29, 0.717) is 18.2 Å². The Morgan fingerprint density at radius 3 is 2.41 bits per heavy atom. The van der Waals surface area contributed by atoms with E-state index >= 15 is 0 Å². The van der Waals surface area contributed by atoms with Crippen LogP contribution in [0.25, 0.3) is 0 Å². The Kier molecular flexibility index (Phi) is 5.22. The van der Waals surface area contributed by atoms with E-state index in [4.69, 9.17) is 11.6 Å². The quantitative estimate of drug-likeness (QED) is 0.683. The van der Waals surface area contributed by atoms with E-state index in [-0.39, 0.29) is 10.7 Å². The molecule has 0 saturated carbocycles. The van der Waals surface area contributed by atoms with Crippen molar-refractivity contribution in [1.82, 2.24) is 4.72 Å². The molecular formula is C16H10ClF5N2O4S. The van der Waals surface area contributed by atoms with Crippen LogP contribution in [0.15, 0.2) is 41.3 Å². The molecule has 2 aromatic rings. The maximum Gasteiger partial charge on any atom is 0.434 e. The number of cyclic esters (lactones) is 1. The van der Waals surface area contributed by atoms with Crippen molar-refractivity contribution in [2.45, 2.75) is 16.7 Å². The van der Waals surface area contributed by atoms with E-state index < -0.39 is 56.5 Å². The number of carbonyl (C=O) groups excluding carboxylic acids is 1. The van der Waals surface area contributed by atoms with E-state index in [1.807, 2.05) is 0 Å². The zero-order valence-corrected chi connectivity index (χ0v) is 15.6. The first-order valence-corrected chi connectivity index (χ1v) is 9.53. The van der Waals surface area contributed by atoms with E-state index in [1.54, 1.807) is 4.72 Å². The average molecular weight is 457 g/mol. The number of hydrogen-bond donors (Lipinski definition) is 2. The summed E-state index contributed by atoms with van der Waals surface area (Å²) >= 11 is 5.76. The fourth-order valence-electron chi connectivity index (χ4n) is 2.67. The van der Waals surface area contributed by atoms with Crippen LogP contribution in [0, 0.1) is 11.6 Å². The normalized spacial score (nSPS) is 19.3. The van der Waals surface area contributed by atoms with Gasteiger partial charge in [0.25, 0.3) is 0 Å². The molecule has 0 aliphatic carbocycles. The standard InChI is InChI=1S/C16H10ClF5N2O4S/c17-8-1-4-13-10(5-8)15(16(20,21)22,28-14(25)24-13)7-23-29(26,27)9-2-3-11(18)12(19)6-9/h1-6,23H,7H2,(H,24,25). The molecule has 0 fully saturated rings. The molecule has 2 aromatic carbocycles. The van der Waals surface area contributed by atoms with Crippen LogP contribution in [0.4, 0.5) is 32.4 Å². The van der Waals surface area contributed by atoms with Crippen LogP contribution in [-0.2, 0) is 20.4 Å². The number of alkyl halides is 3. The van der Waals surface area contributed by atoms with Gasteiger partial charge in [-0.25, -0.2) is 26.7 Å². The number of fused-ring (bicyclic) bond motifs is 1. The molecule has 0 aromatic heterocycles. The van der Waals surface area contributed by atoms with Crippen LogP contribution >= 0.6 is 11.6 Å². The predicted molar refractivity (Wildman–Crippen MR) is 90.8 cm³/mol. The molecule has 1 amide bonds. The van der Waals surface area contributed by atoms with Crippen LogP contribution < -0.4 is 10.0 Å². The molecule has 0 bridgehead atoms. The van der Waals surface area contributed by atoms with Gasteiger partial charge in [-0.3, -0.25) is 5.32 Å². The Labute approximate surface area is 165 Å². The van der Waals surface area contributed by atoms with Gasteiger partial charge in [0.05, 0.1) is 17.1 Å². The summed E-state index contributed by atoms with van der Waals surface area (Å²) in [6.45, 7) is -1.47. The first kappa shape index (κ1) is 21.3. The zero-order chi connectivity index (χ0) is 21.6. The number of sulfonamides is 1. The second-order valence-corrected chi connectivity index (χ2v) is 8.13. The number of ether oxygens (including phenoxy) is 1. The third-order valence-electron chi connectivity index (χ3n) is 4.09. The lowest BCUT2D eigenvalue weighted by Gasteiger charge is -2.39. The molecule has 1 heterocycles. The molecular weight excluding hydrogens is 447 g/mol. The highest BCUT2D eigenvalue weighted by atomic mass is 35.5. The Morgan fingerprint density at radius 2 is 1.79 bits per heavy atom. The number of amides is 1. The fraction of sp³-hybridized carbons (Fsp3) is 0.188. The third-order valence-corrected chi connectivity index (χ3v) is 5.72. The van der Waals surface area contributed by atoms with Crippen LogP contribution in [0.5, 0.6) is 0 Å². The second kappa shape index (κ2) is 7.11. The molecule has 13 heteroatoms. The Bertz CT molecular complexity index is 1090. The van der Waals surface area contributed by atoms with E-state index in [2.05, 4.69) is 10.1 Å². The Hall–Kier alpha value is -2.44. The summed E-state index contributed by atoms with van der Waals surface area (Å²) in [5, 5.41) is 1.94. The number of carbonyl (C=O) groups is 1. The first-order chi connectivity index (χ1) is 13.4. The lowest BCUT2D eigenvalue weighted by molar-refractivity contribution is -0.261. The van der Waals surface area contributed by atoms with Gasteiger partial charge in [0.2, 0.25) is 15.6 Å². The summed E-state index contributed by atoms with van der Waals surface area (Å²) in [5.41, 5.74) is -4.33. The highest BCUT2D eigenvalue weighted by Gasteiger charge is 2.62. The number of benzene rings is 2. The largest absolute Gasteiger partial charge is 0.434 e. The average Bonchev–Trinajstić information content (AvgIpc) is 2.61. The Balaban J connectivity index is 2.05. The van der Waals surface area contributed by atoms with Gasteiger partial charge in [0.1, 0.15) is 0 Å². The molecule has 0 spiro atoms. The topological polar surface area (TPSA) is 84.5 Å². The highest BCUT2D eigenvalue weighted by molar-refractivity contribution is 7.89. The number of anilines is 1. The maximum absolute atomic E-state index is 14.0. The van der Waals surface area contributed by atoms with Gasteiger partial charge in [-0.05, 0) is 36.4 Å². The summed E-state index contributed by atoms with van der Waals surface area (Å²) in [7, 11) is -4.73. The number of rotatable bonds is 4. The molecule has 1 aliphatic rings. The minimum Gasteiger partial charge on any atom is -0.426 e. The van der Waals surface area contributed by atoms with Gasteiger partial charge in [0, 0.05) is 10.6 Å². The third kappa shape index (κ3) is 3.87. The van der Waals surface area contributed by atoms with E-state index in [9.17, 15) is 35.2 Å². The highest BCUT2D eigenvalue weighted by Crippen LogP contribution is 2.48. The van der Waals surface area contributed by atoms with Gasteiger partial charge in [-0.1, -0.05) is 11.6 Å². The molecule has 29 heavy (non-hydrogen) atoms. The number of halogens is 6. The fourth-order valence-corrected chi connectivity index (χ4v) is 3.91. The smallest absolute Gasteiger partial charge is 0.426 e. The molecule has 6 nitrogen and oxygen atoms in total. The first-order valence-electron chi connectivity index (χ1n) is 7.67. The number of nitrogens with one attached hydrogen (secondary N) is 2. The van der Waals surface area contributed by atoms with Crippen LogP contribution in [0.1, 0.15) is 5.56 Å². The van der Waals surface area contributed by atoms with E-state index in [1.165, 1.54) is 6.07 Å². The summed E-state index contributed by atoms with van der Waals surface area (Å²) in [6.07, 6.45) is -6.73. The van der Waals surface area contributed by atoms with Crippen LogP contribution in [-0.4, -0.2) is 27.2 Å². The molecule has 0 saturated heterocycles. The SMILES string of the molecule is O=C1Nc2ccc(Cl)cc2C(CNS(=O)(=O)c2ccc(F)c(F)c2)(C(F)(F)F)O1. The maximum atomic E-state index is 14.0. The molecule has 0 radical (unpaired) electrons. The van der Waals surface area contributed by atoms with Gasteiger partial charge in [0.15, 0.2) is 11.6 Å². The summed E-state index contributed by atoms with van der Waals surface area (Å²) < 4.78 is 99.1.